The van der Waals surface area contributed by atoms with Crippen molar-refractivity contribution >= 4 is 0 Å². The van der Waals surface area contributed by atoms with Crippen LogP contribution in [-0.2, 0) is 32.3 Å². The van der Waals surface area contributed by atoms with Crippen molar-refractivity contribution in [3.8, 4) is 0 Å². The summed E-state index contributed by atoms with van der Waals surface area (Å²) < 4.78 is 0. The zero-order chi connectivity index (χ0) is 11.8. The number of rotatable bonds is 2. The molecule has 0 aromatic heterocycles. The molecule has 0 heterocycles. The molecule has 3 nitrogen and oxygen atoms in total. The van der Waals surface area contributed by atoms with Crippen LogP contribution in [0.3, 0.4) is 0 Å². The zero-order valence-corrected chi connectivity index (χ0v) is 13.7. The minimum atomic E-state index is 0. The average Bonchev–Trinajstić information content (AvgIpc) is 2.80. The predicted octanol–water partition coefficient (Wildman–Crippen LogP) is 1.18. The molecular formula is C11H23HfO3-. The minimum Gasteiger partial charge on any atom is -0.400 e. The van der Waals surface area contributed by atoms with E-state index in [4.69, 9.17) is 15.3 Å². The maximum absolute atomic E-state index is 7.00. The van der Waals surface area contributed by atoms with Crippen LogP contribution < -0.4 is 0 Å². The van der Waals surface area contributed by atoms with Crippen LogP contribution in [0.25, 0.3) is 0 Å². The van der Waals surface area contributed by atoms with E-state index < -0.39 is 0 Å². The Morgan fingerprint density at radius 3 is 1.47 bits per heavy atom. The maximum Gasteiger partial charge on any atom is 0.0319 e. The van der Waals surface area contributed by atoms with Gasteiger partial charge in [-0.2, -0.15) is 17.7 Å². The fourth-order valence-electron chi connectivity index (χ4n) is 0.869. The average molecular weight is 382 g/mol. The molecule has 0 atom stereocenters. The summed E-state index contributed by atoms with van der Waals surface area (Å²) in [5, 5.41) is 21.0. The number of aliphatic hydroxyl groups excluding tert-OH is 3. The predicted molar refractivity (Wildman–Crippen MR) is 60.5 cm³/mol. The molecule has 0 spiro atoms. The van der Waals surface area contributed by atoms with Crippen LogP contribution >= 0.6 is 0 Å². The Morgan fingerprint density at radius 1 is 0.867 bits per heavy atom. The van der Waals surface area contributed by atoms with Crippen LogP contribution in [0, 0.1) is 0 Å². The topological polar surface area (TPSA) is 60.7 Å². The van der Waals surface area contributed by atoms with Gasteiger partial charge in [-0.3, -0.25) is 0 Å². The van der Waals surface area contributed by atoms with Crippen molar-refractivity contribution in [1.82, 2.24) is 0 Å². The first kappa shape index (κ1) is 24.4. The second-order valence-corrected chi connectivity index (χ2v) is 2.04. The first-order valence-corrected chi connectivity index (χ1v) is 4.48. The van der Waals surface area contributed by atoms with Gasteiger partial charge in [-0.05, 0) is 0 Å². The smallest absolute Gasteiger partial charge is 0.0319 e. The van der Waals surface area contributed by atoms with Crippen LogP contribution in [0.2, 0.25) is 0 Å². The normalized spacial score (nSPS) is 6.33. The molecule has 90 valence electrons. The van der Waals surface area contributed by atoms with Gasteiger partial charge in [0.05, 0.1) is 0 Å². The van der Waals surface area contributed by atoms with E-state index in [2.05, 4.69) is 31.2 Å². The Balaban J connectivity index is -0.0000000755. The van der Waals surface area contributed by atoms with Gasteiger partial charge >= 0.3 is 0 Å². The Kier molecular flexibility index (Phi) is 47.5. The molecule has 0 aliphatic rings. The largest absolute Gasteiger partial charge is 0.400 e. The van der Waals surface area contributed by atoms with Crippen LogP contribution in [-0.4, -0.2) is 36.6 Å². The van der Waals surface area contributed by atoms with Gasteiger partial charge in [0.2, 0.25) is 0 Å². The maximum atomic E-state index is 7.00. The Bertz CT molecular complexity index is 142. The van der Waals surface area contributed by atoms with Gasteiger partial charge < -0.3 is 15.3 Å². The van der Waals surface area contributed by atoms with Crippen molar-refractivity contribution in [3.63, 3.8) is 0 Å². The van der Waals surface area contributed by atoms with Gasteiger partial charge in [0.25, 0.3) is 0 Å². The molecule has 3 N–H and O–H groups in total. The molecule has 1 aromatic carbocycles. The molecule has 4 heteroatoms. The van der Waals surface area contributed by atoms with Crippen molar-refractivity contribution in [1.29, 1.82) is 0 Å². The van der Waals surface area contributed by atoms with Crippen molar-refractivity contribution < 1.29 is 41.2 Å². The second kappa shape index (κ2) is 29.2. The van der Waals surface area contributed by atoms with Crippen molar-refractivity contribution in [2.24, 2.45) is 0 Å². The third-order valence-electron chi connectivity index (χ3n) is 1.27. The van der Waals surface area contributed by atoms with E-state index >= 15 is 0 Å². The van der Waals surface area contributed by atoms with Crippen molar-refractivity contribution in [2.75, 3.05) is 21.3 Å². The van der Waals surface area contributed by atoms with Gasteiger partial charge in [0.15, 0.2) is 0 Å². The van der Waals surface area contributed by atoms with Crippen LogP contribution in [0.5, 0.6) is 0 Å². The van der Waals surface area contributed by atoms with E-state index in [1.807, 2.05) is 0 Å². The van der Waals surface area contributed by atoms with E-state index in [1.54, 1.807) is 0 Å². The van der Waals surface area contributed by atoms with Crippen LogP contribution in [0.1, 0.15) is 18.9 Å². The van der Waals surface area contributed by atoms with Gasteiger partial charge in [0.1, 0.15) is 0 Å². The molecule has 1 aromatic rings. The zero-order valence-electron chi connectivity index (χ0n) is 10.1. The van der Waals surface area contributed by atoms with E-state index in [0.717, 1.165) is 21.3 Å². The van der Waals surface area contributed by atoms with Gasteiger partial charge in [-0.1, -0.05) is 19.8 Å². The summed E-state index contributed by atoms with van der Waals surface area (Å²) in [6.45, 7) is 2.20. The molecule has 0 radical (unpaired) electrons. The molecule has 1 rings (SSSR count). The van der Waals surface area contributed by atoms with Crippen LogP contribution in [0.4, 0.5) is 0 Å². The van der Waals surface area contributed by atoms with Crippen molar-refractivity contribution in [3.05, 3.63) is 29.8 Å². The molecule has 0 saturated heterocycles. The molecule has 0 aliphatic heterocycles. The summed E-state index contributed by atoms with van der Waals surface area (Å²) in [4.78, 5) is 0. The Hall–Kier alpha value is 0.100. The standard InChI is InChI=1S/C8H11.3CH4O.Hf/c1-2-5-8-6-3-4-7-8;3*1-2;/h3-4,6-7H,2,5H2,1H3;3*2H,1H3;/q-1;;;;. The number of hydrogen-bond donors (Lipinski definition) is 3. The van der Waals surface area contributed by atoms with E-state index in [-0.39, 0.29) is 25.8 Å². The monoisotopic (exact) mass is 383 g/mol. The molecule has 0 unspecified atom stereocenters. The summed E-state index contributed by atoms with van der Waals surface area (Å²) in [5.41, 5.74) is 1.47. The summed E-state index contributed by atoms with van der Waals surface area (Å²) in [6.07, 6.45) is 2.48. The number of hydrogen-bond acceptors (Lipinski definition) is 3. The number of aryl methyl sites for hydroxylation is 1. The third kappa shape index (κ3) is 20.2. The molecule has 0 saturated carbocycles. The van der Waals surface area contributed by atoms with Crippen molar-refractivity contribution in [2.45, 2.75) is 19.8 Å². The van der Waals surface area contributed by atoms with Gasteiger partial charge in [-0.15, -0.1) is 0 Å². The van der Waals surface area contributed by atoms with Gasteiger partial charge in [0, 0.05) is 47.2 Å². The molecule has 0 aliphatic carbocycles. The second-order valence-electron chi connectivity index (χ2n) is 2.04. The van der Waals surface area contributed by atoms with Crippen LogP contribution in [0.15, 0.2) is 24.3 Å². The molecular weight excluding hydrogens is 359 g/mol. The first-order valence-electron chi connectivity index (χ1n) is 4.48. The first-order chi connectivity index (χ1) is 6.93. The summed E-state index contributed by atoms with van der Waals surface area (Å²) in [5.74, 6) is 0. The fourth-order valence-corrected chi connectivity index (χ4v) is 0.869. The molecule has 0 bridgehead atoms. The van der Waals surface area contributed by atoms with E-state index in [1.165, 1.54) is 18.4 Å². The fraction of sp³-hybridized carbons (Fsp3) is 0.545. The number of aliphatic hydroxyl groups is 3. The quantitative estimate of drug-likeness (QED) is 0.532. The Morgan fingerprint density at radius 2 is 1.20 bits per heavy atom. The van der Waals surface area contributed by atoms with E-state index in [9.17, 15) is 0 Å². The summed E-state index contributed by atoms with van der Waals surface area (Å²) in [7, 11) is 3.00. The SMILES string of the molecule is CCC[c-]1cccc1.CO.CO.CO.[Hf]. The molecule has 0 fully saturated rings. The summed E-state index contributed by atoms with van der Waals surface area (Å²) in [6, 6.07) is 8.52. The third-order valence-corrected chi connectivity index (χ3v) is 1.27. The molecule has 0 amide bonds. The molecule has 15 heavy (non-hydrogen) atoms. The van der Waals surface area contributed by atoms with Gasteiger partial charge in [-0.25, -0.2) is 12.1 Å². The minimum absolute atomic E-state index is 0. The van der Waals surface area contributed by atoms with E-state index in [0.29, 0.717) is 0 Å². The summed E-state index contributed by atoms with van der Waals surface area (Å²) >= 11 is 0. The Labute approximate surface area is 112 Å².